The van der Waals surface area contributed by atoms with Gasteiger partial charge in [-0.15, -0.1) is 0 Å². The Balaban J connectivity index is 2.00. The molecule has 1 aromatic carbocycles. The number of pyridine rings is 1. The predicted octanol–water partition coefficient (Wildman–Crippen LogP) is 4.29. The summed E-state index contributed by atoms with van der Waals surface area (Å²) in [5.41, 5.74) is -1.69. The van der Waals surface area contributed by atoms with Gasteiger partial charge < -0.3 is 14.1 Å². The molecule has 0 fully saturated rings. The van der Waals surface area contributed by atoms with Crippen LogP contribution >= 0.6 is 11.6 Å². The fraction of sp³-hybridized carbons (Fsp3) is 0.100. The van der Waals surface area contributed by atoms with Gasteiger partial charge in [-0.2, -0.15) is 5.26 Å². The molecule has 0 bridgehead atoms. The number of furan rings is 1. The van der Waals surface area contributed by atoms with Crippen molar-refractivity contribution in [1.29, 1.82) is 5.26 Å². The Labute approximate surface area is 184 Å². The molecule has 0 unspecified atom stereocenters. The molecule has 0 amide bonds. The minimum Gasteiger partial charge on any atom is -0.457 e. The van der Waals surface area contributed by atoms with Crippen molar-refractivity contribution in [1.82, 2.24) is 4.98 Å². The van der Waals surface area contributed by atoms with Crippen molar-refractivity contribution in [2.75, 3.05) is 7.11 Å². The number of halogens is 1. The molecular weight excluding hydrogens is 444 g/mol. The molecule has 0 aliphatic heterocycles. The van der Waals surface area contributed by atoms with E-state index in [1.54, 1.807) is 18.2 Å². The highest BCUT2D eigenvalue weighted by Gasteiger charge is 2.25. The van der Waals surface area contributed by atoms with Crippen LogP contribution in [0.5, 0.6) is 0 Å². The maximum Gasteiger partial charge on any atom is 0.299 e. The Kier molecular flexibility index (Phi) is 6.48. The first-order chi connectivity index (χ1) is 15.3. The van der Waals surface area contributed by atoms with Gasteiger partial charge in [0.1, 0.15) is 28.8 Å². The molecule has 0 saturated carbocycles. The molecule has 3 aromatic rings. The predicted molar refractivity (Wildman–Crippen MR) is 114 cm³/mol. The summed E-state index contributed by atoms with van der Waals surface area (Å²) in [4.78, 5) is 35.7. The Bertz CT molecular complexity index is 1350. The van der Waals surface area contributed by atoms with Gasteiger partial charge in [-0.1, -0.05) is 11.6 Å². The Morgan fingerprint density at radius 1 is 1.22 bits per heavy atom. The van der Waals surface area contributed by atoms with E-state index < -0.39 is 26.7 Å². The second-order valence-electron chi connectivity index (χ2n) is 6.33. The topological polar surface area (TPSA) is 165 Å². The lowest BCUT2D eigenvalue weighted by molar-refractivity contribution is -0.386. The average molecular weight is 457 g/mol. The van der Waals surface area contributed by atoms with E-state index in [-0.39, 0.29) is 34.3 Å². The first-order valence-corrected chi connectivity index (χ1v) is 9.19. The number of nitrogens with zero attached hydrogens (tertiary/aromatic N) is 3. The van der Waals surface area contributed by atoms with Gasteiger partial charge in [0, 0.05) is 24.8 Å². The van der Waals surface area contributed by atoms with Crippen molar-refractivity contribution in [2.45, 2.75) is 6.61 Å². The minimum absolute atomic E-state index is 0.111. The molecule has 0 radical (unpaired) electrons. The molecule has 2 heterocycles. The maximum absolute atomic E-state index is 12.2. The number of benzene rings is 1. The van der Waals surface area contributed by atoms with E-state index in [9.17, 15) is 30.3 Å². The number of nitro benzene ring substituents is 1. The molecule has 11 nitrogen and oxygen atoms in total. The molecule has 2 aromatic heterocycles. The maximum atomic E-state index is 12.2. The lowest BCUT2D eigenvalue weighted by atomic mass is 10.1. The zero-order chi connectivity index (χ0) is 23.4. The van der Waals surface area contributed by atoms with Gasteiger partial charge in [-0.25, -0.2) is 0 Å². The van der Waals surface area contributed by atoms with Gasteiger partial charge in [0.25, 0.3) is 16.9 Å². The molecule has 1 N–H and O–H groups in total. The van der Waals surface area contributed by atoms with Gasteiger partial charge in [-0.3, -0.25) is 25.0 Å². The van der Waals surface area contributed by atoms with Crippen LogP contribution in [0.4, 0.5) is 11.4 Å². The smallest absolute Gasteiger partial charge is 0.299 e. The summed E-state index contributed by atoms with van der Waals surface area (Å²) in [6.07, 6.45) is 2.64. The number of hydrogen-bond donors (Lipinski definition) is 1. The second kappa shape index (κ2) is 9.25. The van der Waals surface area contributed by atoms with Gasteiger partial charge in [0.2, 0.25) is 0 Å². The van der Waals surface area contributed by atoms with Crippen LogP contribution < -0.4 is 5.56 Å². The third-order valence-corrected chi connectivity index (χ3v) is 4.68. The van der Waals surface area contributed by atoms with E-state index in [0.717, 1.165) is 0 Å². The van der Waals surface area contributed by atoms with Gasteiger partial charge in [0.15, 0.2) is 0 Å². The van der Waals surface area contributed by atoms with E-state index in [4.69, 9.17) is 20.8 Å². The molecule has 12 heteroatoms. The third kappa shape index (κ3) is 4.41. The standard InChI is InChI=1S/C20H13ClN4O7/c1-31-10-15-14(9-22)20(26)23-17(19(15)25(29)30)6-3-12-4-7-18(32-12)13-5-2-11(24(27)28)8-16(13)21/h2-8H,10H2,1H3,(H,23,26). The van der Waals surface area contributed by atoms with Crippen molar-refractivity contribution in [3.63, 3.8) is 0 Å². The number of nitrogens with one attached hydrogen (secondary N) is 1. The SMILES string of the molecule is COCc1c([N+](=O)[O-])c(C=Cc2ccc(-c3ccc([N+](=O)[O-])cc3Cl)o2)[nH]c(=O)c1C#N. The Morgan fingerprint density at radius 2 is 1.97 bits per heavy atom. The minimum atomic E-state index is -0.789. The number of nitro groups is 2. The summed E-state index contributed by atoms with van der Waals surface area (Å²) >= 11 is 6.10. The number of aromatic amines is 1. The van der Waals surface area contributed by atoms with Crippen molar-refractivity contribution < 1.29 is 19.0 Å². The molecular formula is C20H13ClN4O7. The highest BCUT2D eigenvalue weighted by atomic mass is 35.5. The van der Waals surface area contributed by atoms with Crippen LogP contribution in [-0.4, -0.2) is 21.9 Å². The lowest BCUT2D eigenvalue weighted by Gasteiger charge is -2.06. The van der Waals surface area contributed by atoms with Crippen LogP contribution in [0.25, 0.3) is 23.5 Å². The highest BCUT2D eigenvalue weighted by Crippen LogP contribution is 2.33. The van der Waals surface area contributed by atoms with Crippen molar-refractivity contribution in [2.24, 2.45) is 0 Å². The van der Waals surface area contributed by atoms with Crippen molar-refractivity contribution >= 4 is 35.1 Å². The summed E-state index contributed by atoms with van der Waals surface area (Å²) in [6.45, 7) is -0.298. The van der Waals surface area contributed by atoms with Crippen LogP contribution in [0.2, 0.25) is 5.02 Å². The van der Waals surface area contributed by atoms with Gasteiger partial charge in [0.05, 0.1) is 27.0 Å². The average Bonchev–Trinajstić information content (AvgIpc) is 3.20. The number of non-ortho nitro benzene ring substituents is 1. The lowest BCUT2D eigenvalue weighted by Crippen LogP contribution is -2.18. The molecule has 0 saturated heterocycles. The summed E-state index contributed by atoms with van der Waals surface area (Å²) in [5.74, 6) is 0.578. The highest BCUT2D eigenvalue weighted by molar-refractivity contribution is 6.33. The van der Waals surface area contributed by atoms with Crippen LogP contribution in [0, 0.1) is 31.6 Å². The van der Waals surface area contributed by atoms with Crippen LogP contribution in [-0.2, 0) is 11.3 Å². The van der Waals surface area contributed by atoms with Gasteiger partial charge >= 0.3 is 0 Å². The van der Waals surface area contributed by atoms with E-state index in [2.05, 4.69) is 4.98 Å². The fourth-order valence-electron chi connectivity index (χ4n) is 2.96. The monoisotopic (exact) mass is 456 g/mol. The number of methoxy groups -OCH3 is 1. The van der Waals surface area contributed by atoms with Crippen molar-refractivity contribution in [3.05, 3.63) is 88.5 Å². The Morgan fingerprint density at radius 3 is 2.56 bits per heavy atom. The normalized spacial score (nSPS) is 10.9. The summed E-state index contributed by atoms with van der Waals surface area (Å²) < 4.78 is 10.6. The summed E-state index contributed by atoms with van der Waals surface area (Å²) in [7, 11) is 1.29. The zero-order valence-electron chi connectivity index (χ0n) is 16.3. The van der Waals surface area contributed by atoms with Gasteiger partial charge in [-0.05, 0) is 30.4 Å². The Hall–Kier alpha value is -4.27. The molecule has 3 rings (SSSR count). The second-order valence-corrected chi connectivity index (χ2v) is 6.74. The van der Waals surface area contributed by atoms with E-state index >= 15 is 0 Å². The number of aromatic nitrogens is 1. The molecule has 0 atom stereocenters. The first-order valence-electron chi connectivity index (χ1n) is 8.81. The molecule has 0 aliphatic rings. The quantitative estimate of drug-likeness (QED) is 0.405. The number of ether oxygens (including phenoxy) is 1. The summed E-state index contributed by atoms with van der Waals surface area (Å²) in [5, 5.41) is 31.7. The molecule has 0 aliphatic carbocycles. The zero-order valence-corrected chi connectivity index (χ0v) is 17.1. The summed E-state index contributed by atoms with van der Waals surface area (Å²) in [6, 6.07) is 8.68. The molecule has 0 spiro atoms. The van der Waals surface area contributed by atoms with E-state index in [1.165, 1.54) is 37.5 Å². The molecule has 32 heavy (non-hydrogen) atoms. The third-order valence-electron chi connectivity index (χ3n) is 4.37. The van der Waals surface area contributed by atoms with Crippen LogP contribution in [0.15, 0.2) is 39.5 Å². The number of rotatable bonds is 7. The number of nitriles is 1. The first kappa shape index (κ1) is 22.4. The van der Waals surface area contributed by atoms with Crippen LogP contribution in [0.1, 0.15) is 22.6 Å². The number of hydrogen-bond acceptors (Lipinski definition) is 8. The van der Waals surface area contributed by atoms with E-state index in [0.29, 0.717) is 11.3 Å². The fourth-order valence-corrected chi connectivity index (χ4v) is 3.23. The van der Waals surface area contributed by atoms with Crippen LogP contribution in [0.3, 0.4) is 0 Å². The largest absolute Gasteiger partial charge is 0.457 e. The van der Waals surface area contributed by atoms with Crippen molar-refractivity contribution in [3.8, 4) is 17.4 Å². The van der Waals surface area contributed by atoms with E-state index in [1.807, 2.05) is 0 Å². The number of H-pyrrole nitrogens is 1. The molecule has 162 valence electrons.